The number of halogens is 2. The molecular formula is C16H22F2N2O4. The molecule has 8 heteroatoms. The molecule has 1 aliphatic heterocycles. The molecule has 2 N–H and O–H groups in total. The van der Waals surface area contributed by atoms with Crippen LogP contribution in [0.4, 0.5) is 8.78 Å². The molecule has 24 heavy (non-hydrogen) atoms. The van der Waals surface area contributed by atoms with Gasteiger partial charge in [-0.05, 0) is 30.5 Å². The predicted octanol–water partition coefficient (Wildman–Crippen LogP) is 2.12. The fourth-order valence-corrected chi connectivity index (χ4v) is 2.75. The molecule has 0 saturated carbocycles. The van der Waals surface area contributed by atoms with Gasteiger partial charge in [0.15, 0.2) is 11.5 Å². The molecule has 0 radical (unpaired) electrons. The van der Waals surface area contributed by atoms with E-state index in [-0.39, 0.29) is 34.1 Å². The molecule has 1 atom stereocenters. The largest absolute Gasteiger partial charge is 0.493 e. The van der Waals surface area contributed by atoms with E-state index in [0.29, 0.717) is 19.6 Å². The summed E-state index contributed by atoms with van der Waals surface area (Å²) < 4.78 is 39.7. The van der Waals surface area contributed by atoms with Crippen LogP contribution < -0.4 is 19.9 Å². The van der Waals surface area contributed by atoms with Crippen molar-refractivity contribution in [2.75, 3.05) is 33.9 Å². The van der Waals surface area contributed by atoms with E-state index in [9.17, 15) is 13.6 Å². The Labute approximate surface area is 139 Å². The maximum absolute atomic E-state index is 12.7. The van der Waals surface area contributed by atoms with Gasteiger partial charge in [-0.2, -0.15) is 8.78 Å². The molecule has 1 aromatic rings. The molecule has 1 heterocycles. The normalized spacial score (nSPS) is 20.4. The van der Waals surface area contributed by atoms with E-state index in [1.54, 1.807) is 4.90 Å². The summed E-state index contributed by atoms with van der Waals surface area (Å²) in [5.74, 6) is -0.440. The van der Waals surface area contributed by atoms with E-state index in [4.69, 9.17) is 15.2 Å². The quantitative estimate of drug-likeness (QED) is 0.856. The van der Waals surface area contributed by atoms with Gasteiger partial charge in [0.25, 0.3) is 5.91 Å². The number of hydrogen-bond acceptors (Lipinski definition) is 5. The van der Waals surface area contributed by atoms with Gasteiger partial charge in [0.2, 0.25) is 5.75 Å². The van der Waals surface area contributed by atoms with Crippen molar-refractivity contribution in [1.82, 2.24) is 4.90 Å². The Morgan fingerprint density at radius 3 is 2.33 bits per heavy atom. The minimum atomic E-state index is -3.03. The van der Waals surface area contributed by atoms with Crippen LogP contribution in [0.25, 0.3) is 0 Å². The van der Waals surface area contributed by atoms with Crippen molar-refractivity contribution in [2.24, 2.45) is 11.1 Å². The molecule has 0 spiro atoms. The molecule has 1 fully saturated rings. The standard InChI is InChI=1S/C16H22F2N2O4/c1-16(8-19)4-5-20(9-16)14(21)10-6-11(22-2)13(24-15(17)18)12(7-10)23-3/h6-7,15H,4-5,8-9,19H2,1-3H3. The maximum atomic E-state index is 12.7. The second-order valence-electron chi connectivity index (χ2n) is 6.08. The smallest absolute Gasteiger partial charge is 0.387 e. The third kappa shape index (κ3) is 3.69. The van der Waals surface area contributed by atoms with Gasteiger partial charge in [0, 0.05) is 18.7 Å². The van der Waals surface area contributed by atoms with Gasteiger partial charge in [-0.3, -0.25) is 4.79 Å². The van der Waals surface area contributed by atoms with Crippen molar-refractivity contribution in [1.29, 1.82) is 0 Å². The fourth-order valence-electron chi connectivity index (χ4n) is 2.75. The van der Waals surface area contributed by atoms with Crippen molar-refractivity contribution in [3.05, 3.63) is 17.7 Å². The summed E-state index contributed by atoms with van der Waals surface area (Å²) in [7, 11) is 2.62. The SMILES string of the molecule is COc1cc(C(=O)N2CCC(C)(CN)C2)cc(OC)c1OC(F)F. The van der Waals surface area contributed by atoms with Gasteiger partial charge >= 0.3 is 6.61 Å². The zero-order valence-corrected chi connectivity index (χ0v) is 14.0. The molecule has 2 rings (SSSR count). The van der Waals surface area contributed by atoms with Gasteiger partial charge in [0.05, 0.1) is 14.2 Å². The number of nitrogens with two attached hydrogens (primary N) is 1. The predicted molar refractivity (Wildman–Crippen MR) is 83.9 cm³/mol. The number of carbonyl (C=O) groups excluding carboxylic acids is 1. The van der Waals surface area contributed by atoms with Crippen LogP contribution in [-0.2, 0) is 0 Å². The second kappa shape index (κ2) is 7.21. The van der Waals surface area contributed by atoms with E-state index >= 15 is 0 Å². The van der Waals surface area contributed by atoms with Gasteiger partial charge < -0.3 is 24.8 Å². The summed E-state index contributed by atoms with van der Waals surface area (Å²) in [5, 5.41) is 0. The summed E-state index contributed by atoms with van der Waals surface area (Å²) in [5.41, 5.74) is 5.94. The summed E-state index contributed by atoms with van der Waals surface area (Å²) in [6, 6.07) is 2.75. The Bertz CT molecular complexity index is 587. The fraction of sp³-hybridized carbons (Fsp3) is 0.562. The summed E-state index contributed by atoms with van der Waals surface area (Å²) in [6.45, 7) is 0.624. The van der Waals surface area contributed by atoms with Crippen LogP contribution in [0.1, 0.15) is 23.7 Å². The lowest BCUT2D eigenvalue weighted by Crippen LogP contribution is -2.34. The first-order valence-electron chi connectivity index (χ1n) is 7.53. The highest BCUT2D eigenvalue weighted by Gasteiger charge is 2.35. The van der Waals surface area contributed by atoms with E-state index in [1.165, 1.54) is 26.4 Å². The molecule has 0 aliphatic carbocycles. The first-order chi connectivity index (χ1) is 11.3. The van der Waals surface area contributed by atoms with E-state index in [1.807, 2.05) is 6.92 Å². The number of benzene rings is 1. The van der Waals surface area contributed by atoms with E-state index in [2.05, 4.69) is 4.74 Å². The van der Waals surface area contributed by atoms with Gasteiger partial charge in [-0.1, -0.05) is 6.92 Å². The van der Waals surface area contributed by atoms with Crippen molar-refractivity contribution >= 4 is 5.91 Å². The Morgan fingerprint density at radius 2 is 1.92 bits per heavy atom. The Morgan fingerprint density at radius 1 is 1.33 bits per heavy atom. The third-order valence-corrected chi connectivity index (χ3v) is 4.25. The highest BCUT2D eigenvalue weighted by atomic mass is 19.3. The molecular weight excluding hydrogens is 322 g/mol. The van der Waals surface area contributed by atoms with Crippen molar-refractivity contribution in [3.8, 4) is 17.2 Å². The zero-order chi connectivity index (χ0) is 17.9. The number of amides is 1. The van der Waals surface area contributed by atoms with E-state index in [0.717, 1.165) is 6.42 Å². The van der Waals surface area contributed by atoms with Crippen LogP contribution >= 0.6 is 0 Å². The molecule has 1 unspecified atom stereocenters. The average Bonchev–Trinajstić information content (AvgIpc) is 2.96. The number of alkyl halides is 2. The van der Waals surface area contributed by atoms with Gasteiger partial charge in [-0.25, -0.2) is 0 Å². The van der Waals surface area contributed by atoms with Crippen LogP contribution in [0.2, 0.25) is 0 Å². The number of methoxy groups -OCH3 is 2. The second-order valence-corrected chi connectivity index (χ2v) is 6.08. The number of rotatable bonds is 6. The average molecular weight is 344 g/mol. The summed E-state index contributed by atoms with van der Waals surface area (Å²) in [4.78, 5) is 14.4. The molecule has 1 saturated heterocycles. The molecule has 134 valence electrons. The number of likely N-dealkylation sites (tertiary alicyclic amines) is 1. The highest BCUT2D eigenvalue weighted by molar-refractivity contribution is 5.96. The van der Waals surface area contributed by atoms with Gasteiger partial charge in [-0.15, -0.1) is 0 Å². The lowest BCUT2D eigenvalue weighted by Gasteiger charge is -2.23. The number of hydrogen-bond donors (Lipinski definition) is 1. The van der Waals surface area contributed by atoms with Crippen LogP contribution in [0.15, 0.2) is 12.1 Å². The third-order valence-electron chi connectivity index (χ3n) is 4.25. The van der Waals surface area contributed by atoms with Crippen LogP contribution in [0, 0.1) is 5.41 Å². The molecule has 1 aromatic carbocycles. The zero-order valence-electron chi connectivity index (χ0n) is 14.0. The molecule has 1 aliphatic rings. The Balaban J connectivity index is 2.32. The lowest BCUT2D eigenvalue weighted by atomic mass is 9.90. The summed E-state index contributed by atoms with van der Waals surface area (Å²) >= 11 is 0. The lowest BCUT2D eigenvalue weighted by molar-refractivity contribution is -0.0526. The maximum Gasteiger partial charge on any atom is 0.387 e. The minimum Gasteiger partial charge on any atom is -0.493 e. The monoisotopic (exact) mass is 344 g/mol. The first kappa shape index (κ1) is 18.3. The summed E-state index contributed by atoms with van der Waals surface area (Å²) in [6.07, 6.45) is 0.816. The first-order valence-corrected chi connectivity index (χ1v) is 7.53. The Kier molecular flexibility index (Phi) is 5.48. The molecule has 6 nitrogen and oxygen atoms in total. The van der Waals surface area contributed by atoms with Crippen molar-refractivity contribution in [3.63, 3.8) is 0 Å². The van der Waals surface area contributed by atoms with Crippen molar-refractivity contribution in [2.45, 2.75) is 20.0 Å². The molecule has 1 amide bonds. The number of carbonyl (C=O) groups is 1. The van der Waals surface area contributed by atoms with Crippen LogP contribution in [-0.4, -0.2) is 51.3 Å². The molecule has 0 bridgehead atoms. The van der Waals surface area contributed by atoms with Gasteiger partial charge in [0.1, 0.15) is 0 Å². The molecule has 0 aromatic heterocycles. The highest BCUT2D eigenvalue weighted by Crippen LogP contribution is 2.40. The van der Waals surface area contributed by atoms with Crippen molar-refractivity contribution < 1.29 is 27.8 Å². The van der Waals surface area contributed by atoms with Crippen LogP contribution in [0.3, 0.4) is 0 Å². The number of nitrogens with zero attached hydrogens (tertiary/aromatic N) is 1. The van der Waals surface area contributed by atoms with Crippen LogP contribution in [0.5, 0.6) is 17.2 Å². The van der Waals surface area contributed by atoms with E-state index < -0.39 is 6.61 Å². The Hall–Kier alpha value is -2.09. The topological polar surface area (TPSA) is 74.0 Å². The number of ether oxygens (including phenoxy) is 3. The minimum absolute atomic E-state index is 0.0128.